The molecule has 0 fully saturated rings. The zero-order valence-corrected chi connectivity index (χ0v) is 33.0. The standard InChI is InChI=1S/C54H38N4S/c55-54(37-15-3-1-4-16-37)44-22-9-10-23-46(44)56-35-57-47-29-27-40(33-45(47)53-43-21-8-7-14-36(43)26-31-50(53)57)38-17-13-18-39(32-38)41-28-30-49-52(34-41)59-51-25-12-11-24-48(51)58(49)42-19-5-2-6-20-42/h1-3,5-15,17-35,55H,4,16H2/b55-54?,56-35+. The van der Waals surface area contributed by atoms with Crippen molar-refractivity contribution in [3.8, 4) is 22.3 Å². The van der Waals surface area contributed by atoms with Gasteiger partial charge in [0.05, 0.1) is 33.8 Å². The lowest BCUT2D eigenvalue weighted by Crippen LogP contribution is -2.14. The Bertz CT molecular complexity index is 3220. The molecule has 1 aliphatic heterocycles. The number of hydrogen-bond acceptors (Lipinski definition) is 4. The van der Waals surface area contributed by atoms with Crippen LogP contribution >= 0.6 is 11.8 Å². The lowest BCUT2D eigenvalue weighted by molar-refractivity contribution is 1.00. The highest BCUT2D eigenvalue weighted by Gasteiger charge is 2.25. The minimum absolute atomic E-state index is 0.538. The van der Waals surface area contributed by atoms with E-state index >= 15 is 0 Å². The highest BCUT2D eigenvalue weighted by Crippen LogP contribution is 2.52. The van der Waals surface area contributed by atoms with Gasteiger partial charge < -0.3 is 4.90 Å². The van der Waals surface area contributed by atoms with Crippen molar-refractivity contribution >= 4 is 79.1 Å². The topological polar surface area (TPSA) is 44.4 Å². The number of fused-ring (bicyclic) bond motifs is 7. The molecule has 0 amide bonds. The molecule has 4 nitrogen and oxygen atoms in total. The van der Waals surface area contributed by atoms with E-state index in [9.17, 15) is 0 Å². The van der Waals surface area contributed by atoms with Crippen LogP contribution in [0.5, 0.6) is 0 Å². The summed E-state index contributed by atoms with van der Waals surface area (Å²) >= 11 is 1.84. The normalized spacial score (nSPS) is 13.6. The first kappa shape index (κ1) is 35.0. The molecule has 8 aromatic carbocycles. The summed E-state index contributed by atoms with van der Waals surface area (Å²) in [6, 6.07) is 63.0. The first-order valence-electron chi connectivity index (χ1n) is 20.1. The Balaban J connectivity index is 0.996. The Hall–Kier alpha value is -7.21. The van der Waals surface area contributed by atoms with Crippen LogP contribution in [-0.4, -0.2) is 16.6 Å². The summed E-state index contributed by atoms with van der Waals surface area (Å²) in [5, 5.41) is 13.9. The van der Waals surface area contributed by atoms with Crippen molar-refractivity contribution in [1.82, 2.24) is 4.57 Å². The molecule has 0 radical (unpaired) electrons. The van der Waals surface area contributed by atoms with Crippen LogP contribution in [0.1, 0.15) is 18.4 Å². The van der Waals surface area contributed by atoms with Gasteiger partial charge in [-0.25, -0.2) is 4.99 Å². The molecule has 280 valence electrons. The van der Waals surface area contributed by atoms with E-state index in [-0.39, 0.29) is 0 Å². The van der Waals surface area contributed by atoms with Gasteiger partial charge in [0.15, 0.2) is 0 Å². The Kier molecular flexibility index (Phi) is 8.67. The van der Waals surface area contributed by atoms with Gasteiger partial charge in [-0.05, 0) is 118 Å². The number of aromatic nitrogens is 1. The van der Waals surface area contributed by atoms with Crippen molar-refractivity contribution in [3.05, 3.63) is 205 Å². The van der Waals surface area contributed by atoms with Crippen LogP contribution in [0.3, 0.4) is 0 Å². The van der Waals surface area contributed by atoms with Crippen LogP contribution in [-0.2, 0) is 0 Å². The van der Waals surface area contributed by atoms with Crippen molar-refractivity contribution in [1.29, 1.82) is 5.41 Å². The second kappa shape index (κ2) is 14.6. The fourth-order valence-corrected chi connectivity index (χ4v) is 9.79. The van der Waals surface area contributed by atoms with Crippen molar-refractivity contribution < 1.29 is 0 Å². The average molecular weight is 775 g/mol. The molecule has 0 bridgehead atoms. The molecule has 0 saturated carbocycles. The molecule has 1 N–H and O–H groups in total. The molecular weight excluding hydrogens is 737 g/mol. The van der Waals surface area contributed by atoms with Gasteiger partial charge in [-0.2, -0.15) is 0 Å². The van der Waals surface area contributed by atoms with E-state index in [2.05, 4.69) is 179 Å². The Morgan fingerprint density at radius 3 is 2.20 bits per heavy atom. The van der Waals surface area contributed by atoms with Gasteiger partial charge >= 0.3 is 0 Å². The monoisotopic (exact) mass is 774 g/mol. The van der Waals surface area contributed by atoms with Gasteiger partial charge in [0.2, 0.25) is 0 Å². The third-order valence-electron chi connectivity index (χ3n) is 11.6. The number of para-hydroxylation sites is 3. The molecule has 5 heteroatoms. The minimum Gasteiger partial charge on any atom is -0.308 e. The summed E-state index contributed by atoms with van der Waals surface area (Å²) in [7, 11) is 0. The second-order valence-electron chi connectivity index (χ2n) is 15.1. The quantitative estimate of drug-likeness (QED) is 0.129. The summed E-state index contributed by atoms with van der Waals surface area (Å²) in [6.45, 7) is 0. The van der Waals surface area contributed by atoms with E-state index in [4.69, 9.17) is 10.4 Å². The molecule has 0 saturated heterocycles. The molecule has 59 heavy (non-hydrogen) atoms. The van der Waals surface area contributed by atoms with Gasteiger partial charge in [0, 0.05) is 31.8 Å². The third kappa shape index (κ3) is 6.19. The average Bonchev–Trinajstić information content (AvgIpc) is 3.63. The van der Waals surface area contributed by atoms with Gasteiger partial charge in [-0.3, -0.25) is 9.98 Å². The molecule has 11 rings (SSSR count). The van der Waals surface area contributed by atoms with E-state index in [0.717, 1.165) is 51.9 Å². The molecule has 0 spiro atoms. The highest BCUT2D eigenvalue weighted by molar-refractivity contribution is 7.99. The van der Waals surface area contributed by atoms with Crippen LogP contribution in [0.15, 0.2) is 215 Å². The second-order valence-corrected chi connectivity index (χ2v) is 16.2. The first-order chi connectivity index (χ1) is 29.2. The molecule has 2 aliphatic rings. The summed E-state index contributed by atoms with van der Waals surface area (Å²) < 4.78 is 2.21. The lowest BCUT2D eigenvalue weighted by Gasteiger charge is -2.33. The smallest absolute Gasteiger partial charge is 0.100 e. The van der Waals surface area contributed by atoms with Gasteiger partial charge in [0.1, 0.15) is 6.34 Å². The minimum atomic E-state index is 0.538. The highest BCUT2D eigenvalue weighted by atomic mass is 32.2. The fourth-order valence-electron chi connectivity index (χ4n) is 8.70. The number of hydrogen-bond donors (Lipinski definition) is 1. The van der Waals surface area contributed by atoms with E-state index in [1.165, 1.54) is 59.4 Å². The van der Waals surface area contributed by atoms with E-state index in [1.54, 1.807) is 0 Å². The zero-order chi connectivity index (χ0) is 39.3. The number of rotatable bonds is 7. The lowest BCUT2D eigenvalue weighted by atomic mass is 9.95. The fraction of sp³-hybridized carbons (Fsp3) is 0.0370. The zero-order valence-electron chi connectivity index (χ0n) is 32.2. The predicted octanol–water partition coefficient (Wildman–Crippen LogP) is 15.1. The van der Waals surface area contributed by atoms with Crippen molar-refractivity contribution in [2.75, 3.05) is 4.90 Å². The third-order valence-corrected chi connectivity index (χ3v) is 12.7. The molecular formula is C54H38N4S. The Labute approximate surface area is 347 Å². The maximum absolute atomic E-state index is 9.07. The van der Waals surface area contributed by atoms with Gasteiger partial charge in [-0.15, -0.1) is 0 Å². The predicted molar refractivity (Wildman–Crippen MR) is 250 cm³/mol. The van der Waals surface area contributed by atoms with Crippen molar-refractivity contribution in [2.45, 2.75) is 22.6 Å². The number of nitrogens with zero attached hydrogens (tertiary/aromatic N) is 3. The largest absolute Gasteiger partial charge is 0.308 e. The number of anilines is 3. The number of aliphatic imine (C=N–C) groups is 1. The first-order valence-corrected chi connectivity index (χ1v) is 20.9. The van der Waals surface area contributed by atoms with Crippen molar-refractivity contribution in [2.24, 2.45) is 4.99 Å². The molecule has 2 heterocycles. The molecule has 1 aromatic heterocycles. The maximum Gasteiger partial charge on any atom is 0.100 e. The van der Waals surface area contributed by atoms with Crippen LogP contribution in [0, 0.1) is 5.41 Å². The van der Waals surface area contributed by atoms with Crippen molar-refractivity contribution in [3.63, 3.8) is 0 Å². The van der Waals surface area contributed by atoms with E-state index in [1.807, 2.05) is 42.4 Å². The number of allylic oxidation sites excluding steroid dienone is 4. The molecule has 1 aliphatic carbocycles. The number of benzene rings is 8. The van der Waals surface area contributed by atoms with E-state index < -0.39 is 0 Å². The summed E-state index contributed by atoms with van der Waals surface area (Å²) in [6.07, 6.45) is 10.0. The SMILES string of the molecule is N=C(C1=CC=CCC1)c1ccccc1/N=C/n1c2ccc(-c3cccc(-c4ccc5c(c4)Sc4ccccc4N5c4ccccc4)c3)cc2c2c3ccccc3ccc21. The number of nitrogens with one attached hydrogen (secondary N) is 1. The van der Waals surface area contributed by atoms with Crippen LogP contribution in [0.2, 0.25) is 0 Å². The summed E-state index contributed by atoms with van der Waals surface area (Å²) in [5.41, 5.74) is 13.6. The van der Waals surface area contributed by atoms with Crippen LogP contribution < -0.4 is 4.90 Å². The van der Waals surface area contributed by atoms with E-state index in [0.29, 0.717) is 5.71 Å². The Morgan fingerprint density at radius 2 is 1.32 bits per heavy atom. The van der Waals surface area contributed by atoms with Gasteiger partial charge in [0.25, 0.3) is 0 Å². The molecule has 0 atom stereocenters. The van der Waals surface area contributed by atoms with Crippen LogP contribution in [0.4, 0.5) is 22.7 Å². The maximum atomic E-state index is 9.07. The molecule has 9 aromatic rings. The van der Waals surface area contributed by atoms with Crippen LogP contribution in [0.25, 0.3) is 54.8 Å². The van der Waals surface area contributed by atoms with Gasteiger partial charge in [-0.1, -0.05) is 139 Å². The summed E-state index contributed by atoms with van der Waals surface area (Å²) in [4.78, 5) is 9.94. The Morgan fingerprint density at radius 1 is 0.593 bits per heavy atom. The molecule has 0 unspecified atom stereocenters. The summed E-state index contributed by atoms with van der Waals surface area (Å²) in [5.74, 6) is 0.